The van der Waals surface area contributed by atoms with Crippen LogP contribution in [0.5, 0.6) is 5.75 Å². The minimum atomic E-state index is -0.284. The van der Waals surface area contributed by atoms with E-state index in [2.05, 4.69) is 21.8 Å². The number of nitrogens with one attached hydrogen (secondary N) is 1. The summed E-state index contributed by atoms with van der Waals surface area (Å²) in [5, 5.41) is 13.9. The normalized spacial score (nSPS) is 11.3. The number of aromatic nitrogens is 3. The van der Waals surface area contributed by atoms with Gasteiger partial charge >= 0.3 is 0 Å². The van der Waals surface area contributed by atoms with Crippen LogP contribution in [0.25, 0.3) is 21.9 Å². The SMILES string of the molecule is CCCCc1nc2c(N)nc3ccccc3c2n1Cc1ccc(O)c(CNC(=O)CCl)c1. The van der Waals surface area contributed by atoms with Gasteiger partial charge in [-0.15, -0.1) is 11.6 Å². The highest BCUT2D eigenvalue weighted by Crippen LogP contribution is 2.30. The van der Waals surface area contributed by atoms with Gasteiger partial charge in [-0.3, -0.25) is 4.79 Å². The van der Waals surface area contributed by atoms with E-state index in [4.69, 9.17) is 22.3 Å². The molecule has 4 N–H and O–H groups in total. The largest absolute Gasteiger partial charge is 0.508 e. The lowest BCUT2D eigenvalue weighted by Crippen LogP contribution is -2.23. The molecule has 0 spiro atoms. The lowest BCUT2D eigenvalue weighted by molar-refractivity contribution is -0.118. The molecular weight excluding hydrogens is 426 g/mol. The maximum atomic E-state index is 11.5. The Morgan fingerprint density at radius 2 is 2.03 bits per heavy atom. The van der Waals surface area contributed by atoms with Crippen molar-refractivity contribution in [3.8, 4) is 5.75 Å². The number of carbonyl (C=O) groups excluding carboxylic acids is 1. The summed E-state index contributed by atoms with van der Waals surface area (Å²) in [4.78, 5) is 20.9. The minimum absolute atomic E-state index is 0.120. The van der Waals surface area contributed by atoms with Crippen LogP contribution in [0.2, 0.25) is 0 Å². The summed E-state index contributed by atoms with van der Waals surface area (Å²) in [6.07, 6.45) is 2.90. The molecule has 4 rings (SSSR count). The summed E-state index contributed by atoms with van der Waals surface area (Å²) in [7, 11) is 0. The molecule has 7 nitrogen and oxygen atoms in total. The van der Waals surface area contributed by atoms with E-state index >= 15 is 0 Å². The van der Waals surface area contributed by atoms with Crippen LogP contribution < -0.4 is 11.1 Å². The Bertz CT molecular complexity index is 1280. The van der Waals surface area contributed by atoms with Crippen molar-refractivity contribution in [2.75, 3.05) is 11.6 Å². The number of benzene rings is 2. The van der Waals surface area contributed by atoms with Crippen molar-refractivity contribution in [3.05, 3.63) is 59.4 Å². The minimum Gasteiger partial charge on any atom is -0.508 e. The van der Waals surface area contributed by atoms with Gasteiger partial charge in [0.05, 0.1) is 11.0 Å². The van der Waals surface area contributed by atoms with E-state index in [0.717, 1.165) is 47.1 Å². The smallest absolute Gasteiger partial charge is 0.235 e. The quantitative estimate of drug-likeness (QED) is 0.349. The van der Waals surface area contributed by atoms with Crippen LogP contribution in [0.15, 0.2) is 42.5 Å². The third kappa shape index (κ3) is 4.34. The highest BCUT2D eigenvalue weighted by molar-refractivity contribution is 6.27. The summed E-state index contributed by atoms with van der Waals surface area (Å²) in [5.41, 5.74) is 10.4. The number of phenols is 1. The van der Waals surface area contributed by atoms with Gasteiger partial charge in [0.2, 0.25) is 5.91 Å². The highest BCUT2D eigenvalue weighted by Gasteiger charge is 2.18. The summed E-state index contributed by atoms with van der Waals surface area (Å²) >= 11 is 5.56. The molecule has 0 aliphatic carbocycles. The van der Waals surface area contributed by atoms with Crippen LogP contribution in [-0.4, -0.2) is 31.4 Å². The fraction of sp³-hybridized carbons (Fsp3) is 0.292. The van der Waals surface area contributed by atoms with Crippen LogP contribution in [0, 0.1) is 0 Å². The molecule has 166 valence electrons. The van der Waals surface area contributed by atoms with E-state index in [9.17, 15) is 9.90 Å². The molecule has 8 heteroatoms. The Morgan fingerprint density at radius 3 is 2.81 bits per heavy atom. The number of anilines is 1. The lowest BCUT2D eigenvalue weighted by atomic mass is 10.1. The molecule has 0 radical (unpaired) electrons. The Balaban J connectivity index is 1.80. The number of pyridine rings is 1. The Hall–Kier alpha value is -3.32. The number of amides is 1. The van der Waals surface area contributed by atoms with E-state index in [1.165, 1.54) is 0 Å². The van der Waals surface area contributed by atoms with E-state index in [0.29, 0.717) is 23.4 Å². The molecule has 0 aliphatic rings. The predicted molar refractivity (Wildman–Crippen MR) is 128 cm³/mol. The highest BCUT2D eigenvalue weighted by atomic mass is 35.5. The zero-order valence-electron chi connectivity index (χ0n) is 17.9. The first-order chi connectivity index (χ1) is 15.5. The lowest BCUT2D eigenvalue weighted by Gasteiger charge is -2.13. The number of carbonyl (C=O) groups is 1. The number of aromatic hydroxyl groups is 1. The van der Waals surface area contributed by atoms with Gasteiger partial charge in [-0.1, -0.05) is 37.6 Å². The number of imidazole rings is 1. The van der Waals surface area contributed by atoms with Crippen LogP contribution in [0.1, 0.15) is 36.7 Å². The summed E-state index contributed by atoms with van der Waals surface area (Å²) < 4.78 is 2.19. The number of fused-ring (bicyclic) bond motifs is 3. The van der Waals surface area contributed by atoms with E-state index < -0.39 is 0 Å². The number of nitrogens with zero attached hydrogens (tertiary/aromatic N) is 3. The molecule has 0 atom stereocenters. The molecule has 32 heavy (non-hydrogen) atoms. The van der Waals surface area contributed by atoms with Crippen LogP contribution >= 0.6 is 11.6 Å². The summed E-state index contributed by atoms with van der Waals surface area (Å²) in [5.74, 6) is 1.10. The summed E-state index contributed by atoms with van der Waals surface area (Å²) in [6, 6.07) is 13.3. The van der Waals surface area contributed by atoms with E-state index in [1.54, 1.807) is 6.07 Å². The molecule has 0 bridgehead atoms. The van der Waals surface area contributed by atoms with Crippen molar-refractivity contribution in [1.82, 2.24) is 19.9 Å². The number of unbranched alkanes of at least 4 members (excludes halogenated alkanes) is 1. The predicted octanol–water partition coefficient (Wildman–Crippen LogP) is 4.12. The molecular formula is C24H26ClN5O2. The Morgan fingerprint density at radius 1 is 1.22 bits per heavy atom. The number of hydrogen-bond acceptors (Lipinski definition) is 5. The van der Waals surface area contributed by atoms with Gasteiger partial charge < -0.3 is 20.7 Å². The second-order valence-electron chi connectivity index (χ2n) is 7.80. The van der Waals surface area contributed by atoms with Gasteiger partial charge in [0.15, 0.2) is 5.82 Å². The van der Waals surface area contributed by atoms with Crippen molar-refractivity contribution in [3.63, 3.8) is 0 Å². The number of nitrogen functional groups attached to an aromatic ring is 1. The van der Waals surface area contributed by atoms with Gasteiger partial charge in [0.1, 0.15) is 23.0 Å². The number of alkyl halides is 1. The fourth-order valence-corrected chi connectivity index (χ4v) is 4.00. The number of nitrogens with two attached hydrogens (primary N) is 1. The van der Waals surface area contributed by atoms with Gasteiger partial charge in [-0.05, 0) is 30.2 Å². The molecule has 2 heterocycles. The van der Waals surface area contributed by atoms with Crippen molar-refractivity contribution >= 4 is 45.3 Å². The van der Waals surface area contributed by atoms with Crippen molar-refractivity contribution in [2.24, 2.45) is 0 Å². The average Bonchev–Trinajstić information content (AvgIpc) is 3.16. The second-order valence-corrected chi connectivity index (χ2v) is 8.07. The first-order valence-electron chi connectivity index (χ1n) is 10.7. The number of hydrogen-bond donors (Lipinski definition) is 3. The monoisotopic (exact) mass is 451 g/mol. The molecule has 2 aromatic heterocycles. The molecule has 4 aromatic rings. The molecule has 0 aliphatic heterocycles. The first kappa shape index (κ1) is 21.9. The average molecular weight is 452 g/mol. The molecule has 2 aromatic carbocycles. The molecule has 0 unspecified atom stereocenters. The molecule has 0 fully saturated rings. The Kier molecular flexibility index (Phi) is 6.46. The van der Waals surface area contributed by atoms with E-state index in [1.807, 2.05) is 36.4 Å². The maximum absolute atomic E-state index is 11.5. The van der Waals surface area contributed by atoms with Gasteiger partial charge in [0.25, 0.3) is 0 Å². The number of halogens is 1. The van der Waals surface area contributed by atoms with Crippen molar-refractivity contribution in [2.45, 2.75) is 39.3 Å². The van der Waals surface area contributed by atoms with E-state index in [-0.39, 0.29) is 24.1 Å². The molecule has 0 saturated carbocycles. The summed E-state index contributed by atoms with van der Waals surface area (Å²) in [6.45, 7) is 2.91. The van der Waals surface area contributed by atoms with Gasteiger partial charge in [0, 0.05) is 30.5 Å². The molecule has 0 saturated heterocycles. The zero-order valence-corrected chi connectivity index (χ0v) is 18.7. The standard InChI is InChI=1S/C24H26ClN5O2/c1-2-3-8-20-29-22-23(17-6-4-5-7-18(17)28-24(22)26)30(20)14-15-9-10-19(31)16(11-15)13-27-21(32)12-25/h4-7,9-11,31H,2-3,8,12-14H2,1H3,(H2,26,28)(H,27,32). The van der Waals surface area contributed by atoms with Crippen LogP contribution in [0.4, 0.5) is 5.82 Å². The first-order valence-corrected chi connectivity index (χ1v) is 11.2. The number of phenolic OH excluding ortho intramolecular Hbond substituents is 1. The van der Waals surface area contributed by atoms with Crippen LogP contribution in [-0.2, 0) is 24.3 Å². The third-order valence-electron chi connectivity index (χ3n) is 5.53. The van der Waals surface area contributed by atoms with Gasteiger partial charge in [-0.2, -0.15) is 0 Å². The maximum Gasteiger partial charge on any atom is 0.235 e. The topological polar surface area (TPSA) is 106 Å². The number of aryl methyl sites for hydroxylation is 1. The third-order valence-corrected chi connectivity index (χ3v) is 5.77. The number of rotatable bonds is 8. The Labute approximate surface area is 191 Å². The fourth-order valence-electron chi connectivity index (χ4n) is 3.90. The zero-order chi connectivity index (χ0) is 22.7. The van der Waals surface area contributed by atoms with Crippen molar-refractivity contribution < 1.29 is 9.90 Å². The van der Waals surface area contributed by atoms with Crippen LogP contribution in [0.3, 0.4) is 0 Å². The second kappa shape index (κ2) is 9.44. The van der Waals surface area contributed by atoms with Gasteiger partial charge in [-0.25, -0.2) is 9.97 Å². The van der Waals surface area contributed by atoms with Crippen molar-refractivity contribution in [1.29, 1.82) is 0 Å². The number of para-hydroxylation sites is 1. The molecule has 1 amide bonds.